The smallest absolute Gasteiger partial charge is 0.410 e. The molecular weight excluding hydrogens is 296 g/mol. The van der Waals surface area contributed by atoms with Crippen molar-refractivity contribution in [2.45, 2.75) is 19.9 Å². The number of nitrogens with one attached hydrogen (secondary N) is 1. The molecule has 0 saturated heterocycles. The Hall–Kier alpha value is -2.15. The van der Waals surface area contributed by atoms with Gasteiger partial charge in [0.25, 0.3) is 5.91 Å². The fraction of sp³-hybridized carbons (Fsp3) is 0.562. The summed E-state index contributed by atoms with van der Waals surface area (Å²) in [6.07, 6.45) is 3.63. The maximum absolute atomic E-state index is 12.3. The normalized spacial score (nSPS) is 13.7. The van der Waals surface area contributed by atoms with Crippen LogP contribution in [0.3, 0.4) is 0 Å². The van der Waals surface area contributed by atoms with Crippen molar-refractivity contribution < 1.29 is 14.3 Å². The molecule has 1 aromatic heterocycles. The highest BCUT2D eigenvalue weighted by molar-refractivity contribution is 5.95. The molecule has 0 unspecified atom stereocenters. The third-order valence-electron chi connectivity index (χ3n) is 3.75. The van der Waals surface area contributed by atoms with Crippen molar-refractivity contribution in [3.05, 3.63) is 29.1 Å². The maximum atomic E-state index is 12.3. The minimum Gasteiger partial charge on any atom is -0.450 e. The van der Waals surface area contributed by atoms with Crippen LogP contribution in [0.5, 0.6) is 0 Å². The largest absolute Gasteiger partial charge is 0.450 e. The quantitative estimate of drug-likeness (QED) is 0.872. The number of likely N-dealkylation sites (N-methyl/N-ethyl adjacent to an activating group) is 1. The molecule has 0 radical (unpaired) electrons. The van der Waals surface area contributed by atoms with E-state index in [1.165, 1.54) is 0 Å². The van der Waals surface area contributed by atoms with Gasteiger partial charge in [0, 0.05) is 32.0 Å². The summed E-state index contributed by atoms with van der Waals surface area (Å²) in [6.45, 7) is 4.49. The fourth-order valence-corrected chi connectivity index (χ4v) is 2.55. The summed E-state index contributed by atoms with van der Waals surface area (Å²) >= 11 is 0. The molecule has 2 amide bonds. The monoisotopic (exact) mass is 320 g/mol. The Labute approximate surface area is 136 Å². The first-order valence-electron chi connectivity index (χ1n) is 7.83. The topological polar surface area (TPSA) is 74.8 Å². The van der Waals surface area contributed by atoms with Gasteiger partial charge in [-0.25, -0.2) is 4.79 Å². The van der Waals surface area contributed by atoms with Gasteiger partial charge < -0.3 is 19.9 Å². The van der Waals surface area contributed by atoms with E-state index in [1.54, 1.807) is 24.2 Å². The summed E-state index contributed by atoms with van der Waals surface area (Å²) in [5.74, 6) is -0.110. The number of carbonyl (C=O) groups is 2. The first kappa shape index (κ1) is 17.2. The van der Waals surface area contributed by atoms with Gasteiger partial charge in [0.2, 0.25) is 0 Å². The Bertz CT molecular complexity index is 574. The van der Waals surface area contributed by atoms with Gasteiger partial charge in [-0.15, -0.1) is 0 Å². The molecule has 1 aromatic rings. The summed E-state index contributed by atoms with van der Waals surface area (Å²) in [4.78, 5) is 32.0. The molecule has 7 heteroatoms. The van der Waals surface area contributed by atoms with Crippen LogP contribution in [-0.2, 0) is 17.7 Å². The zero-order valence-corrected chi connectivity index (χ0v) is 14.0. The lowest BCUT2D eigenvalue weighted by Crippen LogP contribution is -2.38. The molecule has 2 heterocycles. The van der Waals surface area contributed by atoms with Crippen LogP contribution in [0.25, 0.3) is 0 Å². The summed E-state index contributed by atoms with van der Waals surface area (Å²) in [7, 11) is 3.92. The van der Waals surface area contributed by atoms with Crippen LogP contribution in [0.1, 0.15) is 28.4 Å². The highest BCUT2D eigenvalue weighted by atomic mass is 16.6. The lowest BCUT2D eigenvalue weighted by molar-refractivity contribution is 0.0947. The van der Waals surface area contributed by atoms with Crippen molar-refractivity contribution in [2.24, 2.45) is 0 Å². The van der Waals surface area contributed by atoms with E-state index in [0.29, 0.717) is 38.2 Å². The first-order chi connectivity index (χ1) is 11.0. The van der Waals surface area contributed by atoms with Crippen molar-refractivity contribution in [3.8, 4) is 0 Å². The molecule has 0 bridgehead atoms. The number of nitrogens with zero attached hydrogens (tertiary/aromatic N) is 3. The van der Waals surface area contributed by atoms with Crippen molar-refractivity contribution in [1.82, 2.24) is 20.1 Å². The minimum atomic E-state index is -0.320. The van der Waals surface area contributed by atoms with E-state index in [4.69, 9.17) is 4.74 Å². The van der Waals surface area contributed by atoms with Crippen molar-refractivity contribution in [2.75, 3.05) is 40.3 Å². The fourth-order valence-electron chi connectivity index (χ4n) is 2.55. The average molecular weight is 320 g/mol. The van der Waals surface area contributed by atoms with E-state index in [9.17, 15) is 9.59 Å². The number of ether oxygens (including phenoxy) is 1. The van der Waals surface area contributed by atoms with Crippen molar-refractivity contribution >= 4 is 12.0 Å². The lowest BCUT2D eigenvalue weighted by atomic mass is 9.97. The number of amides is 2. The zero-order valence-electron chi connectivity index (χ0n) is 14.0. The summed E-state index contributed by atoms with van der Waals surface area (Å²) in [6, 6.07) is 0. The van der Waals surface area contributed by atoms with E-state index in [2.05, 4.69) is 10.3 Å². The number of pyridine rings is 1. The van der Waals surface area contributed by atoms with E-state index >= 15 is 0 Å². The number of hydrogen-bond acceptors (Lipinski definition) is 5. The van der Waals surface area contributed by atoms with E-state index in [1.807, 2.05) is 19.0 Å². The molecule has 23 heavy (non-hydrogen) atoms. The van der Waals surface area contributed by atoms with Gasteiger partial charge in [-0.1, -0.05) is 0 Å². The Morgan fingerprint density at radius 2 is 2.17 bits per heavy atom. The van der Waals surface area contributed by atoms with Gasteiger partial charge >= 0.3 is 6.09 Å². The van der Waals surface area contributed by atoms with Crippen LogP contribution in [-0.4, -0.2) is 67.1 Å². The number of aromatic nitrogens is 1. The minimum absolute atomic E-state index is 0.110. The Balaban J connectivity index is 2.07. The van der Waals surface area contributed by atoms with Crippen molar-refractivity contribution in [1.29, 1.82) is 0 Å². The average Bonchev–Trinajstić information content (AvgIpc) is 2.53. The molecule has 126 valence electrons. The molecule has 1 aliphatic heterocycles. The Morgan fingerprint density at radius 3 is 2.87 bits per heavy atom. The highest BCUT2D eigenvalue weighted by Crippen LogP contribution is 2.22. The third kappa shape index (κ3) is 4.41. The summed E-state index contributed by atoms with van der Waals surface area (Å²) in [5, 5.41) is 2.91. The van der Waals surface area contributed by atoms with Gasteiger partial charge in [-0.2, -0.15) is 0 Å². The zero-order chi connectivity index (χ0) is 16.8. The number of fused-ring (bicyclic) bond motifs is 1. The molecule has 0 aromatic carbocycles. The van der Waals surface area contributed by atoms with E-state index < -0.39 is 0 Å². The van der Waals surface area contributed by atoms with Crippen LogP contribution in [0, 0.1) is 0 Å². The van der Waals surface area contributed by atoms with Crippen LogP contribution < -0.4 is 5.32 Å². The molecule has 1 aliphatic rings. The Morgan fingerprint density at radius 1 is 1.39 bits per heavy atom. The maximum Gasteiger partial charge on any atom is 0.410 e. The Kier molecular flexibility index (Phi) is 5.92. The van der Waals surface area contributed by atoms with Gasteiger partial charge in [0.15, 0.2) is 0 Å². The van der Waals surface area contributed by atoms with Crippen LogP contribution in [0.4, 0.5) is 4.79 Å². The summed E-state index contributed by atoms with van der Waals surface area (Å²) in [5.41, 5.74) is 2.48. The first-order valence-corrected chi connectivity index (χ1v) is 7.83. The number of rotatable bonds is 5. The molecule has 0 fully saturated rings. The molecule has 2 rings (SSSR count). The second-order valence-corrected chi connectivity index (χ2v) is 5.75. The van der Waals surface area contributed by atoms with Gasteiger partial charge in [-0.3, -0.25) is 9.78 Å². The van der Waals surface area contributed by atoms with Gasteiger partial charge in [0.1, 0.15) is 0 Å². The van der Waals surface area contributed by atoms with Crippen LogP contribution >= 0.6 is 0 Å². The standard InChI is InChI=1S/C16H24N4O3/c1-4-23-16(22)20-7-5-13-12(11-20)9-17-10-14(13)15(21)18-6-8-19(2)3/h9-10H,4-8,11H2,1-3H3,(H,18,21). The van der Waals surface area contributed by atoms with Crippen LogP contribution in [0.2, 0.25) is 0 Å². The predicted molar refractivity (Wildman–Crippen MR) is 86.3 cm³/mol. The molecule has 7 nitrogen and oxygen atoms in total. The second kappa shape index (κ2) is 7.92. The highest BCUT2D eigenvalue weighted by Gasteiger charge is 2.25. The van der Waals surface area contributed by atoms with Gasteiger partial charge in [-0.05, 0) is 38.6 Å². The van der Waals surface area contributed by atoms with E-state index in [0.717, 1.165) is 17.7 Å². The number of carbonyl (C=O) groups excluding carboxylic acids is 2. The van der Waals surface area contributed by atoms with Gasteiger partial charge in [0.05, 0.1) is 18.7 Å². The predicted octanol–water partition coefficient (Wildman–Crippen LogP) is 0.888. The molecule has 0 spiro atoms. The number of hydrogen-bond donors (Lipinski definition) is 1. The summed E-state index contributed by atoms with van der Waals surface area (Å²) < 4.78 is 5.03. The molecule has 0 saturated carbocycles. The molecular formula is C16H24N4O3. The second-order valence-electron chi connectivity index (χ2n) is 5.75. The van der Waals surface area contributed by atoms with E-state index in [-0.39, 0.29) is 12.0 Å². The van der Waals surface area contributed by atoms with Crippen LogP contribution in [0.15, 0.2) is 12.4 Å². The molecule has 0 aliphatic carbocycles. The lowest BCUT2D eigenvalue weighted by Gasteiger charge is -2.28. The third-order valence-corrected chi connectivity index (χ3v) is 3.75. The molecule has 1 N–H and O–H groups in total. The van der Waals surface area contributed by atoms with Crippen molar-refractivity contribution in [3.63, 3.8) is 0 Å². The molecule has 0 atom stereocenters. The SMILES string of the molecule is CCOC(=O)N1CCc2c(cncc2C(=O)NCCN(C)C)C1.